The van der Waals surface area contributed by atoms with Crippen molar-refractivity contribution in [2.75, 3.05) is 31.1 Å². The highest BCUT2D eigenvalue weighted by molar-refractivity contribution is 6.02. The van der Waals surface area contributed by atoms with Crippen LogP contribution in [-0.2, 0) is 16.1 Å². The summed E-state index contributed by atoms with van der Waals surface area (Å²) in [6, 6.07) is 16.4. The number of carbonyl (C=O) groups excluding carboxylic acids is 2. The SMILES string of the molecule is Cc1ccc2c(c1)OCC(=O)N2CC(=O)NC1CC[NH+](Cc2ccccc2)CC1. The Morgan fingerprint density at radius 1 is 1.17 bits per heavy atom. The zero-order valence-electron chi connectivity index (χ0n) is 16.8. The number of fused-ring (bicyclic) bond motifs is 1. The van der Waals surface area contributed by atoms with Crippen molar-refractivity contribution in [1.29, 1.82) is 0 Å². The maximum atomic E-state index is 12.6. The fourth-order valence-corrected chi connectivity index (χ4v) is 4.13. The number of rotatable bonds is 5. The second kappa shape index (κ2) is 8.66. The fraction of sp³-hybridized carbons (Fsp3) is 0.391. The number of anilines is 1. The zero-order chi connectivity index (χ0) is 20.2. The number of aryl methyl sites for hydroxylation is 1. The van der Waals surface area contributed by atoms with E-state index in [-0.39, 0.29) is 31.0 Å². The summed E-state index contributed by atoms with van der Waals surface area (Å²) in [5, 5.41) is 3.13. The lowest BCUT2D eigenvalue weighted by molar-refractivity contribution is -0.918. The second-order valence-electron chi connectivity index (χ2n) is 7.99. The van der Waals surface area contributed by atoms with E-state index in [4.69, 9.17) is 4.74 Å². The minimum Gasteiger partial charge on any atom is -0.482 e. The molecule has 1 saturated heterocycles. The summed E-state index contributed by atoms with van der Waals surface area (Å²) in [7, 11) is 0. The molecule has 2 N–H and O–H groups in total. The minimum absolute atomic E-state index is 0.0228. The predicted octanol–water partition coefficient (Wildman–Crippen LogP) is 1.08. The van der Waals surface area contributed by atoms with E-state index >= 15 is 0 Å². The summed E-state index contributed by atoms with van der Waals surface area (Å²) >= 11 is 0. The van der Waals surface area contributed by atoms with Crippen LogP contribution in [0.5, 0.6) is 5.75 Å². The summed E-state index contributed by atoms with van der Waals surface area (Å²) in [5.74, 6) is 0.372. The van der Waals surface area contributed by atoms with Gasteiger partial charge in [-0.05, 0) is 24.6 Å². The lowest BCUT2D eigenvalue weighted by Crippen LogP contribution is -3.12. The smallest absolute Gasteiger partial charge is 0.265 e. The van der Waals surface area contributed by atoms with Crippen LogP contribution in [0.3, 0.4) is 0 Å². The van der Waals surface area contributed by atoms with Gasteiger partial charge in [0.1, 0.15) is 18.8 Å². The molecule has 2 amide bonds. The molecule has 6 nitrogen and oxygen atoms in total. The van der Waals surface area contributed by atoms with Gasteiger partial charge in [0.2, 0.25) is 5.91 Å². The standard InChI is InChI=1S/C23H27N3O3/c1-17-7-8-20-21(13-17)29-16-23(28)26(20)15-22(27)24-19-9-11-25(12-10-19)14-18-5-3-2-4-6-18/h2-8,13,19H,9-12,14-16H2,1H3,(H,24,27)/p+1. The first-order chi connectivity index (χ1) is 14.1. The van der Waals surface area contributed by atoms with Gasteiger partial charge in [-0.3, -0.25) is 14.5 Å². The summed E-state index contributed by atoms with van der Waals surface area (Å²) < 4.78 is 5.51. The number of quaternary nitrogens is 1. The van der Waals surface area contributed by atoms with Crippen LogP contribution in [0.25, 0.3) is 0 Å². The molecule has 2 heterocycles. The average molecular weight is 394 g/mol. The number of hydrogen-bond acceptors (Lipinski definition) is 3. The third-order valence-corrected chi connectivity index (χ3v) is 5.71. The van der Waals surface area contributed by atoms with Crippen molar-refractivity contribution >= 4 is 17.5 Å². The van der Waals surface area contributed by atoms with Gasteiger partial charge in [0.05, 0.1) is 18.8 Å². The van der Waals surface area contributed by atoms with Gasteiger partial charge in [0.25, 0.3) is 5.91 Å². The number of nitrogens with one attached hydrogen (secondary N) is 2. The Bertz CT molecular complexity index is 876. The molecular formula is C23H28N3O3+. The van der Waals surface area contributed by atoms with Gasteiger partial charge in [0, 0.05) is 24.4 Å². The van der Waals surface area contributed by atoms with Crippen molar-refractivity contribution in [3.63, 3.8) is 0 Å². The van der Waals surface area contributed by atoms with Gasteiger partial charge < -0.3 is 15.0 Å². The summed E-state index contributed by atoms with van der Waals surface area (Å²) in [6.45, 7) is 5.10. The van der Waals surface area contributed by atoms with Gasteiger partial charge in [0.15, 0.2) is 6.61 Å². The number of hydrogen-bond donors (Lipinski definition) is 2. The Kier molecular flexibility index (Phi) is 5.81. The van der Waals surface area contributed by atoms with E-state index in [1.165, 1.54) is 10.5 Å². The van der Waals surface area contributed by atoms with Gasteiger partial charge in [-0.15, -0.1) is 0 Å². The van der Waals surface area contributed by atoms with E-state index in [9.17, 15) is 9.59 Å². The molecule has 0 unspecified atom stereocenters. The van der Waals surface area contributed by atoms with Crippen LogP contribution in [0.15, 0.2) is 48.5 Å². The quantitative estimate of drug-likeness (QED) is 0.798. The molecular weight excluding hydrogens is 366 g/mol. The second-order valence-corrected chi connectivity index (χ2v) is 7.99. The number of piperidine rings is 1. The van der Waals surface area contributed by atoms with Gasteiger partial charge in [-0.1, -0.05) is 36.4 Å². The molecule has 0 saturated carbocycles. The molecule has 152 valence electrons. The number of ether oxygens (including phenoxy) is 1. The summed E-state index contributed by atoms with van der Waals surface area (Å²) in [5.41, 5.74) is 3.08. The molecule has 2 aromatic carbocycles. The molecule has 0 spiro atoms. The molecule has 0 aliphatic carbocycles. The van der Waals surface area contributed by atoms with E-state index in [2.05, 4.69) is 29.6 Å². The van der Waals surface area contributed by atoms with Crippen molar-refractivity contribution < 1.29 is 19.2 Å². The Morgan fingerprint density at radius 2 is 1.93 bits per heavy atom. The van der Waals surface area contributed by atoms with E-state index in [0.29, 0.717) is 11.4 Å². The molecule has 0 atom stereocenters. The molecule has 2 aliphatic heterocycles. The third kappa shape index (κ3) is 4.77. The first kappa shape index (κ1) is 19.5. The van der Waals surface area contributed by atoms with Crippen LogP contribution in [0.2, 0.25) is 0 Å². The summed E-state index contributed by atoms with van der Waals surface area (Å²) in [4.78, 5) is 28.0. The van der Waals surface area contributed by atoms with E-state index in [0.717, 1.165) is 38.0 Å². The maximum Gasteiger partial charge on any atom is 0.265 e. The topological polar surface area (TPSA) is 63.1 Å². The first-order valence-corrected chi connectivity index (χ1v) is 10.3. The lowest BCUT2D eigenvalue weighted by atomic mass is 10.0. The molecule has 0 bridgehead atoms. The van der Waals surface area contributed by atoms with Crippen LogP contribution in [0.1, 0.15) is 24.0 Å². The van der Waals surface area contributed by atoms with Gasteiger partial charge in [-0.25, -0.2) is 0 Å². The maximum absolute atomic E-state index is 12.6. The van der Waals surface area contributed by atoms with Gasteiger partial charge in [-0.2, -0.15) is 0 Å². The van der Waals surface area contributed by atoms with E-state index in [1.807, 2.05) is 31.2 Å². The first-order valence-electron chi connectivity index (χ1n) is 10.3. The number of benzene rings is 2. The van der Waals surface area contributed by atoms with Crippen molar-refractivity contribution in [2.45, 2.75) is 32.4 Å². The highest BCUT2D eigenvalue weighted by Crippen LogP contribution is 2.32. The predicted molar refractivity (Wildman–Crippen MR) is 111 cm³/mol. The van der Waals surface area contributed by atoms with Crippen molar-refractivity contribution in [1.82, 2.24) is 5.32 Å². The lowest BCUT2D eigenvalue weighted by Gasteiger charge is -2.32. The van der Waals surface area contributed by atoms with Crippen LogP contribution in [-0.4, -0.2) is 44.1 Å². The summed E-state index contributed by atoms with van der Waals surface area (Å²) in [6.07, 6.45) is 1.92. The molecule has 0 radical (unpaired) electrons. The Hall–Kier alpha value is -2.86. The monoisotopic (exact) mass is 394 g/mol. The fourth-order valence-electron chi connectivity index (χ4n) is 4.13. The molecule has 0 aromatic heterocycles. The highest BCUT2D eigenvalue weighted by Gasteiger charge is 2.29. The molecule has 4 rings (SSSR count). The molecule has 29 heavy (non-hydrogen) atoms. The van der Waals surface area contributed by atoms with Crippen LogP contribution < -0.4 is 19.9 Å². The van der Waals surface area contributed by atoms with E-state index in [1.54, 1.807) is 4.90 Å². The Balaban J connectivity index is 1.29. The van der Waals surface area contributed by atoms with Crippen molar-refractivity contribution in [3.05, 3.63) is 59.7 Å². The van der Waals surface area contributed by atoms with Crippen LogP contribution in [0.4, 0.5) is 5.69 Å². The normalized spacial score (nSPS) is 21.3. The van der Waals surface area contributed by atoms with E-state index < -0.39 is 0 Å². The zero-order valence-corrected chi connectivity index (χ0v) is 16.8. The number of amides is 2. The minimum atomic E-state index is -0.182. The van der Waals surface area contributed by atoms with Crippen LogP contribution >= 0.6 is 0 Å². The molecule has 6 heteroatoms. The van der Waals surface area contributed by atoms with Crippen LogP contribution in [0, 0.1) is 6.92 Å². The van der Waals surface area contributed by atoms with Crippen molar-refractivity contribution in [2.24, 2.45) is 0 Å². The van der Waals surface area contributed by atoms with Gasteiger partial charge >= 0.3 is 0 Å². The highest BCUT2D eigenvalue weighted by atomic mass is 16.5. The largest absolute Gasteiger partial charge is 0.482 e. The Labute approximate surface area is 171 Å². The molecule has 2 aromatic rings. The van der Waals surface area contributed by atoms with Crippen molar-refractivity contribution in [3.8, 4) is 5.75 Å². The number of likely N-dealkylation sites (tertiary alicyclic amines) is 1. The Morgan fingerprint density at radius 3 is 2.69 bits per heavy atom. The molecule has 1 fully saturated rings. The molecule has 2 aliphatic rings. The number of carbonyl (C=O) groups is 2. The average Bonchev–Trinajstić information content (AvgIpc) is 2.72. The number of nitrogens with zero attached hydrogens (tertiary/aromatic N) is 1. The third-order valence-electron chi connectivity index (χ3n) is 5.71.